The summed E-state index contributed by atoms with van der Waals surface area (Å²) in [7, 11) is 0. The fraction of sp³-hybridized carbons (Fsp3) is 0.500. The molecule has 0 atom stereocenters. The van der Waals surface area contributed by atoms with Gasteiger partial charge in [-0.2, -0.15) is 0 Å². The van der Waals surface area contributed by atoms with Crippen molar-refractivity contribution in [2.24, 2.45) is 5.73 Å². The second-order valence-electron chi connectivity index (χ2n) is 3.47. The van der Waals surface area contributed by atoms with Crippen LogP contribution in [0.2, 0.25) is 0 Å². The fourth-order valence-corrected chi connectivity index (χ4v) is 1.48. The molecule has 0 aliphatic rings. The Bertz CT molecular complexity index is 352. The SMILES string of the molecule is Cc1ccc(CN)c(=O)n1C(C)C. The third kappa shape index (κ3) is 1.80. The molecule has 0 aliphatic heterocycles. The summed E-state index contributed by atoms with van der Waals surface area (Å²) in [6.45, 7) is 6.23. The normalized spacial score (nSPS) is 10.8. The van der Waals surface area contributed by atoms with Gasteiger partial charge in [-0.25, -0.2) is 0 Å². The van der Waals surface area contributed by atoms with Crippen LogP contribution in [-0.2, 0) is 6.54 Å². The Kier molecular flexibility index (Phi) is 2.88. The summed E-state index contributed by atoms with van der Waals surface area (Å²) in [5, 5.41) is 0. The number of nitrogens with zero attached hydrogens (tertiary/aromatic N) is 1. The predicted octanol–water partition coefficient (Wildman–Crippen LogP) is 1.20. The molecular formula is C10H16N2O. The Morgan fingerprint density at radius 1 is 1.46 bits per heavy atom. The van der Waals surface area contributed by atoms with Crippen molar-refractivity contribution in [1.29, 1.82) is 0 Å². The lowest BCUT2D eigenvalue weighted by Gasteiger charge is -2.14. The highest BCUT2D eigenvalue weighted by Crippen LogP contribution is 2.05. The van der Waals surface area contributed by atoms with E-state index in [1.165, 1.54) is 0 Å². The van der Waals surface area contributed by atoms with Crippen LogP contribution in [0.5, 0.6) is 0 Å². The standard InChI is InChI=1S/C10H16N2O/c1-7(2)12-8(3)4-5-9(6-11)10(12)13/h4-5,7H,6,11H2,1-3H3. The molecule has 1 rings (SSSR count). The number of rotatable bonds is 2. The number of aromatic nitrogens is 1. The van der Waals surface area contributed by atoms with Crippen LogP contribution in [0.4, 0.5) is 0 Å². The Morgan fingerprint density at radius 3 is 2.54 bits per heavy atom. The maximum Gasteiger partial charge on any atom is 0.255 e. The highest BCUT2D eigenvalue weighted by atomic mass is 16.1. The highest BCUT2D eigenvalue weighted by Gasteiger charge is 2.06. The molecule has 0 amide bonds. The molecular weight excluding hydrogens is 164 g/mol. The van der Waals surface area contributed by atoms with Gasteiger partial charge in [0.05, 0.1) is 0 Å². The molecule has 0 spiro atoms. The molecule has 0 radical (unpaired) electrons. The molecule has 2 N–H and O–H groups in total. The van der Waals surface area contributed by atoms with Crippen LogP contribution in [0.25, 0.3) is 0 Å². The zero-order chi connectivity index (χ0) is 10.0. The van der Waals surface area contributed by atoms with E-state index in [-0.39, 0.29) is 11.6 Å². The molecule has 1 aromatic rings. The molecule has 0 aliphatic carbocycles. The summed E-state index contributed by atoms with van der Waals surface area (Å²) >= 11 is 0. The van der Waals surface area contributed by atoms with Gasteiger partial charge >= 0.3 is 0 Å². The molecule has 72 valence electrons. The van der Waals surface area contributed by atoms with Gasteiger partial charge in [0.25, 0.3) is 5.56 Å². The van der Waals surface area contributed by atoms with Gasteiger partial charge in [-0.05, 0) is 26.8 Å². The lowest BCUT2D eigenvalue weighted by Crippen LogP contribution is -2.28. The first-order valence-corrected chi connectivity index (χ1v) is 4.49. The average molecular weight is 180 g/mol. The summed E-state index contributed by atoms with van der Waals surface area (Å²) in [6, 6.07) is 3.93. The number of hydrogen-bond donors (Lipinski definition) is 1. The van der Waals surface area contributed by atoms with E-state index in [4.69, 9.17) is 5.73 Å². The number of hydrogen-bond acceptors (Lipinski definition) is 2. The summed E-state index contributed by atoms with van der Waals surface area (Å²) < 4.78 is 1.77. The van der Waals surface area contributed by atoms with E-state index in [0.29, 0.717) is 12.1 Å². The molecule has 3 heteroatoms. The van der Waals surface area contributed by atoms with E-state index >= 15 is 0 Å². The van der Waals surface area contributed by atoms with E-state index in [9.17, 15) is 4.79 Å². The second-order valence-corrected chi connectivity index (χ2v) is 3.47. The maximum absolute atomic E-state index is 11.7. The van der Waals surface area contributed by atoms with Crippen LogP contribution < -0.4 is 11.3 Å². The Hall–Kier alpha value is -1.09. The average Bonchev–Trinajstić information content (AvgIpc) is 2.04. The zero-order valence-electron chi connectivity index (χ0n) is 8.37. The maximum atomic E-state index is 11.7. The summed E-state index contributed by atoms with van der Waals surface area (Å²) in [6.07, 6.45) is 0. The Balaban J connectivity index is 3.39. The van der Waals surface area contributed by atoms with Crippen LogP contribution >= 0.6 is 0 Å². The predicted molar refractivity (Wildman–Crippen MR) is 53.7 cm³/mol. The van der Waals surface area contributed by atoms with E-state index in [0.717, 1.165) is 5.69 Å². The van der Waals surface area contributed by atoms with E-state index < -0.39 is 0 Å². The lowest BCUT2D eigenvalue weighted by atomic mass is 10.2. The van der Waals surface area contributed by atoms with E-state index in [1.807, 2.05) is 26.8 Å². The van der Waals surface area contributed by atoms with Crippen molar-refractivity contribution in [3.8, 4) is 0 Å². The molecule has 1 aromatic heterocycles. The van der Waals surface area contributed by atoms with Crippen molar-refractivity contribution in [1.82, 2.24) is 4.57 Å². The smallest absolute Gasteiger partial charge is 0.255 e. The minimum absolute atomic E-state index is 0.0394. The summed E-state index contributed by atoms with van der Waals surface area (Å²) in [5.74, 6) is 0. The molecule has 3 nitrogen and oxygen atoms in total. The van der Waals surface area contributed by atoms with Crippen LogP contribution in [0.3, 0.4) is 0 Å². The van der Waals surface area contributed by atoms with Crippen LogP contribution in [0.15, 0.2) is 16.9 Å². The van der Waals surface area contributed by atoms with E-state index in [2.05, 4.69) is 0 Å². The van der Waals surface area contributed by atoms with Crippen molar-refractivity contribution >= 4 is 0 Å². The molecule has 0 aromatic carbocycles. The largest absolute Gasteiger partial charge is 0.326 e. The minimum Gasteiger partial charge on any atom is -0.326 e. The molecule has 0 fully saturated rings. The van der Waals surface area contributed by atoms with Gasteiger partial charge in [0.15, 0.2) is 0 Å². The molecule has 0 saturated carbocycles. The monoisotopic (exact) mass is 180 g/mol. The first kappa shape index (κ1) is 9.99. The molecule has 0 bridgehead atoms. The summed E-state index contributed by atoms with van der Waals surface area (Å²) in [4.78, 5) is 11.7. The van der Waals surface area contributed by atoms with Gasteiger partial charge in [-0.15, -0.1) is 0 Å². The van der Waals surface area contributed by atoms with Crippen molar-refractivity contribution in [3.05, 3.63) is 33.7 Å². The molecule has 0 saturated heterocycles. The minimum atomic E-state index is 0.0394. The van der Waals surface area contributed by atoms with Gasteiger partial charge in [0.1, 0.15) is 0 Å². The number of nitrogens with two attached hydrogens (primary N) is 1. The van der Waals surface area contributed by atoms with Gasteiger partial charge < -0.3 is 10.3 Å². The fourth-order valence-electron chi connectivity index (χ4n) is 1.48. The third-order valence-corrected chi connectivity index (χ3v) is 2.14. The first-order chi connectivity index (χ1) is 6.07. The highest BCUT2D eigenvalue weighted by molar-refractivity contribution is 5.15. The number of pyridine rings is 1. The lowest BCUT2D eigenvalue weighted by molar-refractivity contribution is 0.558. The third-order valence-electron chi connectivity index (χ3n) is 2.14. The Labute approximate surface area is 78.2 Å². The van der Waals surface area contributed by atoms with Gasteiger partial charge in [-0.3, -0.25) is 4.79 Å². The van der Waals surface area contributed by atoms with Crippen LogP contribution in [0, 0.1) is 6.92 Å². The first-order valence-electron chi connectivity index (χ1n) is 4.49. The van der Waals surface area contributed by atoms with Crippen molar-refractivity contribution in [2.45, 2.75) is 33.4 Å². The van der Waals surface area contributed by atoms with Gasteiger partial charge in [-0.1, -0.05) is 6.07 Å². The van der Waals surface area contributed by atoms with Crippen molar-refractivity contribution < 1.29 is 0 Å². The molecule has 0 unspecified atom stereocenters. The van der Waals surface area contributed by atoms with E-state index in [1.54, 1.807) is 10.6 Å². The van der Waals surface area contributed by atoms with Gasteiger partial charge in [0.2, 0.25) is 0 Å². The van der Waals surface area contributed by atoms with Gasteiger partial charge in [0, 0.05) is 23.8 Å². The topological polar surface area (TPSA) is 48.0 Å². The number of aryl methyl sites for hydroxylation is 1. The molecule has 1 heterocycles. The van der Waals surface area contributed by atoms with Crippen LogP contribution in [-0.4, -0.2) is 4.57 Å². The summed E-state index contributed by atoms with van der Waals surface area (Å²) in [5.41, 5.74) is 7.16. The van der Waals surface area contributed by atoms with Crippen molar-refractivity contribution in [2.75, 3.05) is 0 Å². The quantitative estimate of drug-likeness (QED) is 0.743. The second kappa shape index (κ2) is 3.75. The zero-order valence-corrected chi connectivity index (χ0v) is 8.37. The van der Waals surface area contributed by atoms with Crippen molar-refractivity contribution in [3.63, 3.8) is 0 Å². The Morgan fingerprint density at radius 2 is 2.08 bits per heavy atom. The van der Waals surface area contributed by atoms with Crippen LogP contribution in [0.1, 0.15) is 31.1 Å². The molecule has 13 heavy (non-hydrogen) atoms.